The molecule has 4 N–H and O–H groups in total. The van der Waals surface area contributed by atoms with Crippen molar-refractivity contribution in [1.82, 2.24) is 10.6 Å². The van der Waals surface area contributed by atoms with E-state index in [2.05, 4.69) is 10.6 Å². The first-order valence-corrected chi connectivity index (χ1v) is 5.12. The standard InChI is InChI=1S/C11H14N2O4/c1-2-12-9(16)6-13-11(17)10-7(14)4-3-5-8(10)15/h3-5,14-15H,2,6H2,1H3,(H,12,16)(H,13,17). The molecule has 92 valence electrons. The van der Waals surface area contributed by atoms with Crippen molar-refractivity contribution in [2.24, 2.45) is 0 Å². The maximum absolute atomic E-state index is 11.6. The molecule has 1 rings (SSSR count). The summed E-state index contributed by atoms with van der Waals surface area (Å²) in [6, 6.07) is 3.97. The Bertz CT molecular complexity index is 411. The van der Waals surface area contributed by atoms with E-state index in [1.807, 2.05) is 0 Å². The van der Waals surface area contributed by atoms with E-state index in [-0.39, 0.29) is 29.5 Å². The number of carbonyl (C=O) groups is 2. The van der Waals surface area contributed by atoms with Gasteiger partial charge in [0.2, 0.25) is 5.91 Å². The highest BCUT2D eigenvalue weighted by Crippen LogP contribution is 2.25. The van der Waals surface area contributed by atoms with Crippen LogP contribution in [0.5, 0.6) is 11.5 Å². The van der Waals surface area contributed by atoms with Gasteiger partial charge < -0.3 is 20.8 Å². The Kier molecular flexibility index (Phi) is 4.33. The summed E-state index contributed by atoms with van der Waals surface area (Å²) in [6.45, 7) is 2.02. The molecule has 0 aliphatic heterocycles. The van der Waals surface area contributed by atoms with Crippen LogP contribution in [0.4, 0.5) is 0 Å². The predicted octanol–water partition coefficient (Wildman–Crippen LogP) is -0.0363. The minimum Gasteiger partial charge on any atom is -0.507 e. The van der Waals surface area contributed by atoms with E-state index in [4.69, 9.17) is 0 Å². The van der Waals surface area contributed by atoms with Crippen LogP contribution in [-0.4, -0.2) is 35.1 Å². The van der Waals surface area contributed by atoms with Gasteiger partial charge in [-0.05, 0) is 19.1 Å². The fraction of sp³-hybridized carbons (Fsp3) is 0.273. The molecule has 2 amide bonds. The fourth-order valence-electron chi connectivity index (χ4n) is 1.27. The number of rotatable bonds is 4. The second kappa shape index (κ2) is 5.74. The Labute approximate surface area is 98.3 Å². The summed E-state index contributed by atoms with van der Waals surface area (Å²) >= 11 is 0. The Morgan fingerprint density at radius 2 is 1.76 bits per heavy atom. The van der Waals surface area contributed by atoms with Crippen LogP contribution in [0.2, 0.25) is 0 Å². The molecule has 0 unspecified atom stereocenters. The molecule has 0 radical (unpaired) electrons. The van der Waals surface area contributed by atoms with Crippen molar-refractivity contribution in [2.75, 3.05) is 13.1 Å². The van der Waals surface area contributed by atoms with Crippen molar-refractivity contribution in [3.8, 4) is 11.5 Å². The van der Waals surface area contributed by atoms with Crippen LogP contribution in [0, 0.1) is 0 Å². The monoisotopic (exact) mass is 238 g/mol. The Morgan fingerprint density at radius 1 is 1.18 bits per heavy atom. The summed E-state index contributed by atoms with van der Waals surface area (Å²) in [5.74, 6) is -1.71. The van der Waals surface area contributed by atoms with Crippen molar-refractivity contribution in [3.05, 3.63) is 23.8 Å². The van der Waals surface area contributed by atoms with Crippen LogP contribution in [0.3, 0.4) is 0 Å². The second-order valence-corrected chi connectivity index (χ2v) is 3.31. The van der Waals surface area contributed by atoms with Gasteiger partial charge in [-0.3, -0.25) is 9.59 Å². The van der Waals surface area contributed by atoms with Gasteiger partial charge in [-0.1, -0.05) is 6.07 Å². The first-order chi connectivity index (χ1) is 8.06. The van der Waals surface area contributed by atoms with E-state index < -0.39 is 5.91 Å². The highest BCUT2D eigenvalue weighted by Gasteiger charge is 2.16. The zero-order valence-corrected chi connectivity index (χ0v) is 9.36. The summed E-state index contributed by atoms with van der Waals surface area (Å²) in [4.78, 5) is 22.7. The van der Waals surface area contributed by atoms with Crippen LogP contribution in [0.1, 0.15) is 17.3 Å². The maximum atomic E-state index is 11.6. The quantitative estimate of drug-likeness (QED) is 0.591. The molecular weight excluding hydrogens is 224 g/mol. The van der Waals surface area contributed by atoms with E-state index in [1.165, 1.54) is 18.2 Å². The number of hydrogen-bond acceptors (Lipinski definition) is 4. The Hall–Kier alpha value is -2.24. The zero-order valence-electron chi connectivity index (χ0n) is 9.36. The van der Waals surface area contributed by atoms with E-state index in [0.717, 1.165) is 0 Å². The lowest BCUT2D eigenvalue weighted by atomic mass is 10.1. The number of benzene rings is 1. The normalized spacial score (nSPS) is 9.71. The van der Waals surface area contributed by atoms with Gasteiger partial charge in [0.1, 0.15) is 17.1 Å². The molecule has 0 aliphatic rings. The molecule has 0 aliphatic carbocycles. The van der Waals surface area contributed by atoms with E-state index in [9.17, 15) is 19.8 Å². The van der Waals surface area contributed by atoms with Crippen molar-refractivity contribution < 1.29 is 19.8 Å². The van der Waals surface area contributed by atoms with Crippen LogP contribution >= 0.6 is 0 Å². The summed E-state index contributed by atoms with van der Waals surface area (Å²) in [7, 11) is 0. The molecule has 0 bridgehead atoms. The average Bonchev–Trinajstić information content (AvgIpc) is 2.26. The van der Waals surface area contributed by atoms with Crippen LogP contribution < -0.4 is 10.6 Å². The second-order valence-electron chi connectivity index (χ2n) is 3.31. The third-order valence-corrected chi connectivity index (χ3v) is 2.03. The molecule has 0 saturated carbocycles. The number of hydrogen-bond donors (Lipinski definition) is 4. The van der Waals surface area contributed by atoms with Gasteiger partial charge in [0.25, 0.3) is 5.91 Å². The molecule has 0 saturated heterocycles. The molecular formula is C11H14N2O4. The molecule has 0 aromatic heterocycles. The molecule has 6 nitrogen and oxygen atoms in total. The van der Waals surface area contributed by atoms with Gasteiger partial charge in [0.05, 0.1) is 6.54 Å². The number of phenols is 2. The van der Waals surface area contributed by atoms with Crippen molar-refractivity contribution >= 4 is 11.8 Å². The highest BCUT2D eigenvalue weighted by molar-refractivity contribution is 6.00. The largest absolute Gasteiger partial charge is 0.507 e. The number of aromatic hydroxyl groups is 2. The van der Waals surface area contributed by atoms with E-state index in [0.29, 0.717) is 6.54 Å². The topological polar surface area (TPSA) is 98.7 Å². The molecule has 17 heavy (non-hydrogen) atoms. The zero-order chi connectivity index (χ0) is 12.8. The molecule has 0 heterocycles. The summed E-state index contributed by atoms with van der Waals surface area (Å²) in [5.41, 5.74) is -0.239. The summed E-state index contributed by atoms with van der Waals surface area (Å²) in [6.07, 6.45) is 0. The molecule has 6 heteroatoms. The van der Waals surface area contributed by atoms with Crippen molar-refractivity contribution in [2.45, 2.75) is 6.92 Å². The van der Waals surface area contributed by atoms with Gasteiger partial charge in [-0.25, -0.2) is 0 Å². The number of likely N-dealkylation sites (N-methyl/N-ethyl adjacent to an activating group) is 1. The summed E-state index contributed by atoms with van der Waals surface area (Å²) < 4.78 is 0. The van der Waals surface area contributed by atoms with Gasteiger partial charge in [-0.2, -0.15) is 0 Å². The lowest BCUT2D eigenvalue weighted by Gasteiger charge is -2.08. The highest BCUT2D eigenvalue weighted by atomic mass is 16.3. The average molecular weight is 238 g/mol. The lowest BCUT2D eigenvalue weighted by Crippen LogP contribution is -2.36. The minimum absolute atomic E-state index is 0.208. The van der Waals surface area contributed by atoms with Gasteiger partial charge in [0.15, 0.2) is 0 Å². The predicted molar refractivity (Wildman–Crippen MR) is 60.8 cm³/mol. The van der Waals surface area contributed by atoms with Gasteiger partial charge >= 0.3 is 0 Å². The van der Waals surface area contributed by atoms with Crippen LogP contribution in [-0.2, 0) is 4.79 Å². The first kappa shape index (κ1) is 12.8. The number of phenolic OH excluding ortho intramolecular Hbond substituents is 2. The molecule has 0 spiro atoms. The Morgan fingerprint density at radius 3 is 2.29 bits per heavy atom. The van der Waals surface area contributed by atoms with Crippen molar-refractivity contribution in [3.63, 3.8) is 0 Å². The third-order valence-electron chi connectivity index (χ3n) is 2.03. The molecule has 0 atom stereocenters. The van der Waals surface area contributed by atoms with Crippen LogP contribution in [0.25, 0.3) is 0 Å². The van der Waals surface area contributed by atoms with Crippen molar-refractivity contribution in [1.29, 1.82) is 0 Å². The number of amides is 2. The lowest BCUT2D eigenvalue weighted by molar-refractivity contribution is -0.120. The molecule has 1 aromatic rings. The summed E-state index contributed by atoms with van der Waals surface area (Å²) in [5, 5.41) is 23.6. The molecule has 1 aromatic carbocycles. The molecule has 0 fully saturated rings. The van der Waals surface area contributed by atoms with Gasteiger partial charge in [0, 0.05) is 6.54 Å². The van der Waals surface area contributed by atoms with Crippen LogP contribution in [0.15, 0.2) is 18.2 Å². The number of nitrogens with one attached hydrogen (secondary N) is 2. The SMILES string of the molecule is CCNC(=O)CNC(=O)c1c(O)cccc1O. The smallest absolute Gasteiger partial charge is 0.259 e. The van der Waals surface area contributed by atoms with E-state index >= 15 is 0 Å². The fourth-order valence-corrected chi connectivity index (χ4v) is 1.27. The van der Waals surface area contributed by atoms with Gasteiger partial charge in [-0.15, -0.1) is 0 Å². The van der Waals surface area contributed by atoms with E-state index in [1.54, 1.807) is 6.92 Å². The third kappa shape index (κ3) is 3.37. The maximum Gasteiger partial charge on any atom is 0.259 e. The Balaban J connectivity index is 2.68. The number of carbonyl (C=O) groups excluding carboxylic acids is 2. The first-order valence-electron chi connectivity index (χ1n) is 5.12. The minimum atomic E-state index is -0.702.